The fourth-order valence-corrected chi connectivity index (χ4v) is 3.64. The number of aromatic nitrogens is 3. The number of nitrogens with one attached hydrogen (secondary N) is 1. The molecule has 0 radical (unpaired) electrons. The average molecular weight is 445 g/mol. The van der Waals surface area contributed by atoms with Crippen LogP contribution >= 0.6 is 23.4 Å². The van der Waals surface area contributed by atoms with Crippen LogP contribution in [0.2, 0.25) is 5.02 Å². The van der Waals surface area contributed by atoms with Gasteiger partial charge in [-0.2, -0.15) is 0 Å². The molecular formula is C21H21ClN4O3S. The van der Waals surface area contributed by atoms with Crippen molar-refractivity contribution in [3.8, 4) is 5.75 Å². The van der Waals surface area contributed by atoms with Gasteiger partial charge < -0.3 is 14.6 Å². The number of Topliss-reactive ketones (excluding diaryl/α,β-unsaturated/α-hetero) is 1. The quantitative estimate of drug-likeness (QED) is 0.402. The summed E-state index contributed by atoms with van der Waals surface area (Å²) >= 11 is 7.16. The molecule has 1 heterocycles. The van der Waals surface area contributed by atoms with Gasteiger partial charge in [-0.05, 0) is 36.4 Å². The SMILES string of the molecule is COc1cccc(C(=O)CSc2nnc(CCNC(=O)c3ccc(Cl)cc3)n2C)c1. The molecule has 1 N–H and O–H groups in total. The van der Waals surface area contributed by atoms with Gasteiger partial charge >= 0.3 is 0 Å². The summed E-state index contributed by atoms with van der Waals surface area (Å²) in [4.78, 5) is 24.6. The van der Waals surface area contributed by atoms with Crippen LogP contribution < -0.4 is 10.1 Å². The molecule has 0 aliphatic carbocycles. The van der Waals surface area contributed by atoms with E-state index in [-0.39, 0.29) is 17.4 Å². The molecule has 0 saturated heterocycles. The third-order valence-corrected chi connectivity index (χ3v) is 5.66. The maximum atomic E-state index is 12.4. The fraction of sp³-hybridized carbons (Fsp3) is 0.238. The molecule has 0 fully saturated rings. The Labute approximate surface area is 183 Å². The van der Waals surface area contributed by atoms with Gasteiger partial charge in [0.1, 0.15) is 11.6 Å². The lowest BCUT2D eigenvalue weighted by Gasteiger charge is -2.06. The zero-order chi connectivity index (χ0) is 21.5. The van der Waals surface area contributed by atoms with Crippen molar-refractivity contribution in [3.63, 3.8) is 0 Å². The molecule has 9 heteroatoms. The lowest BCUT2D eigenvalue weighted by atomic mass is 10.1. The molecule has 30 heavy (non-hydrogen) atoms. The number of nitrogens with zero attached hydrogens (tertiary/aromatic N) is 3. The number of carbonyl (C=O) groups excluding carboxylic acids is 2. The topological polar surface area (TPSA) is 86.1 Å². The molecule has 3 aromatic rings. The van der Waals surface area contributed by atoms with Crippen LogP contribution in [0.25, 0.3) is 0 Å². The lowest BCUT2D eigenvalue weighted by molar-refractivity contribution is 0.0953. The summed E-state index contributed by atoms with van der Waals surface area (Å²) in [5.41, 5.74) is 1.14. The number of hydrogen-bond acceptors (Lipinski definition) is 6. The summed E-state index contributed by atoms with van der Waals surface area (Å²) in [6, 6.07) is 13.8. The standard InChI is InChI=1S/C21H21ClN4O3S/c1-26-19(10-11-23-20(28)14-6-8-16(22)9-7-14)24-25-21(26)30-13-18(27)15-4-3-5-17(12-15)29-2/h3-9,12H,10-11,13H2,1-2H3,(H,23,28). The molecule has 0 bridgehead atoms. The van der Waals surface area contributed by atoms with Crippen LogP contribution in [-0.4, -0.2) is 45.9 Å². The van der Waals surface area contributed by atoms with E-state index in [2.05, 4.69) is 15.5 Å². The molecule has 2 aromatic carbocycles. The minimum atomic E-state index is -0.174. The highest BCUT2D eigenvalue weighted by molar-refractivity contribution is 7.99. The highest BCUT2D eigenvalue weighted by atomic mass is 35.5. The number of ketones is 1. The van der Waals surface area contributed by atoms with Crippen molar-refractivity contribution in [2.24, 2.45) is 7.05 Å². The minimum absolute atomic E-state index is 0.0151. The number of hydrogen-bond donors (Lipinski definition) is 1. The second-order valence-corrected chi connectivity index (χ2v) is 7.79. The van der Waals surface area contributed by atoms with Gasteiger partial charge in [-0.25, -0.2) is 0 Å². The fourth-order valence-electron chi connectivity index (χ4n) is 2.69. The van der Waals surface area contributed by atoms with Crippen molar-refractivity contribution < 1.29 is 14.3 Å². The Bertz CT molecular complexity index is 1040. The molecule has 0 aliphatic rings. The van der Waals surface area contributed by atoms with Crippen molar-refractivity contribution >= 4 is 35.1 Å². The van der Waals surface area contributed by atoms with Gasteiger partial charge in [0.05, 0.1) is 12.9 Å². The van der Waals surface area contributed by atoms with Gasteiger partial charge in [-0.15, -0.1) is 10.2 Å². The number of amides is 1. The first-order valence-corrected chi connectivity index (χ1v) is 10.6. The summed E-state index contributed by atoms with van der Waals surface area (Å²) < 4.78 is 6.99. The van der Waals surface area contributed by atoms with Crippen LogP contribution in [0.1, 0.15) is 26.5 Å². The van der Waals surface area contributed by atoms with Gasteiger partial charge in [0.15, 0.2) is 10.9 Å². The molecule has 0 atom stereocenters. The first-order chi connectivity index (χ1) is 14.5. The Morgan fingerprint density at radius 1 is 1.13 bits per heavy atom. The number of ether oxygens (including phenoxy) is 1. The first kappa shape index (κ1) is 21.9. The molecular weight excluding hydrogens is 424 g/mol. The maximum Gasteiger partial charge on any atom is 0.251 e. The Morgan fingerprint density at radius 2 is 1.90 bits per heavy atom. The van der Waals surface area contributed by atoms with E-state index in [4.69, 9.17) is 16.3 Å². The monoisotopic (exact) mass is 444 g/mol. The smallest absolute Gasteiger partial charge is 0.251 e. The third kappa shape index (κ3) is 5.61. The third-order valence-electron chi connectivity index (χ3n) is 4.39. The van der Waals surface area contributed by atoms with Crippen molar-refractivity contribution in [1.29, 1.82) is 0 Å². The van der Waals surface area contributed by atoms with Crippen LogP contribution in [0, 0.1) is 0 Å². The van der Waals surface area contributed by atoms with E-state index in [0.29, 0.717) is 40.0 Å². The number of carbonyl (C=O) groups is 2. The lowest BCUT2D eigenvalue weighted by Crippen LogP contribution is -2.26. The predicted molar refractivity (Wildman–Crippen MR) is 117 cm³/mol. The number of methoxy groups -OCH3 is 1. The van der Waals surface area contributed by atoms with E-state index in [1.165, 1.54) is 11.8 Å². The van der Waals surface area contributed by atoms with Gasteiger partial charge in [0, 0.05) is 36.2 Å². The zero-order valence-electron chi connectivity index (χ0n) is 16.6. The molecule has 156 valence electrons. The molecule has 0 saturated carbocycles. The molecule has 0 aliphatic heterocycles. The van der Waals surface area contributed by atoms with E-state index >= 15 is 0 Å². The van der Waals surface area contributed by atoms with Gasteiger partial charge in [0.2, 0.25) is 0 Å². The van der Waals surface area contributed by atoms with Crippen LogP contribution in [0.4, 0.5) is 0 Å². The number of halogens is 1. The Balaban J connectivity index is 1.51. The van der Waals surface area contributed by atoms with Crippen molar-refractivity contribution in [2.45, 2.75) is 11.6 Å². The Hall–Kier alpha value is -2.84. The largest absolute Gasteiger partial charge is 0.497 e. The average Bonchev–Trinajstić information content (AvgIpc) is 3.11. The van der Waals surface area contributed by atoms with Gasteiger partial charge in [-0.3, -0.25) is 9.59 Å². The maximum absolute atomic E-state index is 12.4. The van der Waals surface area contributed by atoms with E-state index in [1.54, 1.807) is 55.6 Å². The predicted octanol–water partition coefficient (Wildman–Crippen LogP) is 3.42. The second kappa shape index (κ2) is 10.3. The summed E-state index contributed by atoms with van der Waals surface area (Å²) in [5, 5.41) is 12.4. The summed E-state index contributed by atoms with van der Waals surface area (Å²) in [6.45, 7) is 0.418. The highest BCUT2D eigenvalue weighted by Crippen LogP contribution is 2.19. The van der Waals surface area contributed by atoms with Gasteiger partial charge in [0.25, 0.3) is 5.91 Å². The van der Waals surface area contributed by atoms with Crippen molar-refractivity contribution in [1.82, 2.24) is 20.1 Å². The van der Waals surface area contributed by atoms with Crippen molar-refractivity contribution in [2.75, 3.05) is 19.4 Å². The number of rotatable bonds is 9. The minimum Gasteiger partial charge on any atom is -0.497 e. The highest BCUT2D eigenvalue weighted by Gasteiger charge is 2.13. The van der Waals surface area contributed by atoms with E-state index in [0.717, 1.165) is 5.82 Å². The van der Waals surface area contributed by atoms with E-state index in [9.17, 15) is 9.59 Å². The van der Waals surface area contributed by atoms with E-state index in [1.807, 2.05) is 11.6 Å². The summed E-state index contributed by atoms with van der Waals surface area (Å²) in [6.07, 6.45) is 0.521. The molecule has 0 unspecified atom stereocenters. The molecule has 3 rings (SSSR count). The molecule has 1 aromatic heterocycles. The molecule has 1 amide bonds. The summed E-state index contributed by atoms with van der Waals surface area (Å²) in [7, 11) is 3.41. The van der Waals surface area contributed by atoms with Crippen LogP contribution in [0.15, 0.2) is 53.7 Å². The first-order valence-electron chi connectivity index (χ1n) is 9.20. The van der Waals surface area contributed by atoms with Crippen LogP contribution in [0.3, 0.4) is 0 Å². The molecule has 0 spiro atoms. The normalized spacial score (nSPS) is 10.6. The Morgan fingerprint density at radius 3 is 2.63 bits per heavy atom. The summed E-state index contributed by atoms with van der Waals surface area (Å²) in [5.74, 6) is 1.42. The second-order valence-electron chi connectivity index (χ2n) is 6.41. The zero-order valence-corrected chi connectivity index (χ0v) is 18.2. The van der Waals surface area contributed by atoms with E-state index < -0.39 is 0 Å². The number of benzene rings is 2. The Kier molecular flexibility index (Phi) is 7.48. The van der Waals surface area contributed by atoms with Crippen LogP contribution in [-0.2, 0) is 13.5 Å². The molecule has 7 nitrogen and oxygen atoms in total. The number of thioether (sulfide) groups is 1. The van der Waals surface area contributed by atoms with Crippen LogP contribution in [0.5, 0.6) is 5.75 Å². The van der Waals surface area contributed by atoms with Gasteiger partial charge in [-0.1, -0.05) is 35.5 Å². The van der Waals surface area contributed by atoms with Crippen molar-refractivity contribution in [3.05, 3.63) is 70.5 Å².